The first-order valence-corrected chi connectivity index (χ1v) is 10.0. The molecule has 0 fully saturated rings. The molecule has 3 aromatic rings. The highest BCUT2D eigenvalue weighted by Gasteiger charge is 2.36. The fraction of sp³-hybridized carbons (Fsp3) is 0.182. The smallest absolute Gasteiger partial charge is 0.244 e. The van der Waals surface area contributed by atoms with E-state index in [1.54, 1.807) is 21.3 Å². The molecule has 31 heavy (non-hydrogen) atoms. The maximum atomic E-state index is 9.84. The van der Waals surface area contributed by atoms with Gasteiger partial charge in [-0.15, -0.1) is 5.10 Å². The summed E-state index contributed by atoms with van der Waals surface area (Å²) in [6.07, 6.45) is 0. The van der Waals surface area contributed by atoms with Crippen LogP contribution in [0, 0.1) is 11.3 Å². The van der Waals surface area contributed by atoms with Gasteiger partial charge in [0.1, 0.15) is 11.6 Å². The third kappa shape index (κ3) is 3.45. The Hall–Kier alpha value is -3.64. The van der Waals surface area contributed by atoms with Crippen LogP contribution >= 0.6 is 15.9 Å². The minimum absolute atomic E-state index is 0.0332. The molecule has 2 aromatic carbocycles. The molecule has 158 valence electrons. The van der Waals surface area contributed by atoms with E-state index in [0.717, 1.165) is 15.6 Å². The quantitative estimate of drug-likeness (QED) is 0.562. The predicted octanol–water partition coefficient (Wildman–Crippen LogP) is 4.08. The van der Waals surface area contributed by atoms with Gasteiger partial charge in [0.2, 0.25) is 17.5 Å². The largest absolute Gasteiger partial charge is 0.493 e. The van der Waals surface area contributed by atoms with Crippen molar-refractivity contribution in [2.24, 2.45) is 5.73 Å². The molecular weight excluding hydrogens is 464 g/mol. The number of allylic oxidation sites excluding steroid dienone is 1. The van der Waals surface area contributed by atoms with Crippen LogP contribution in [0.2, 0.25) is 0 Å². The summed E-state index contributed by atoms with van der Waals surface area (Å²) in [6.45, 7) is 0. The van der Waals surface area contributed by atoms with E-state index >= 15 is 0 Å². The summed E-state index contributed by atoms with van der Waals surface area (Å²) in [6, 6.07) is 13.5. The second-order valence-electron chi connectivity index (χ2n) is 6.71. The number of nitrogens with zero attached hydrogens (tertiary/aromatic N) is 2. The number of fused-ring (bicyclic) bond motifs is 1. The van der Waals surface area contributed by atoms with Gasteiger partial charge in [-0.1, -0.05) is 28.1 Å². The molecule has 0 saturated heterocycles. The summed E-state index contributed by atoms with van der Waals surface area (Å²) in [4.78, 5) is 0. The number of methoxy groups -OCH3 is 3. The van der Waals surface area contributed by atoms with Gasteiger partial charge in [-0.25, -0.2) is 0 Å². The molecule has 0 bridgehead atoms. The Morgan fingerprint density at radius 2 is 1.74 bits per heavy atom. The average molecular weight is 483 g/mol. The van der Waals surface area contributed by atoms with Gasteiger partial charge >= 0.3 is 0 Å². The van der Waals surface area contributed by atoms with Crippen LogP contribution in [0.4, 0.5) is 0 Å². The van der Waals surface area contributed by atoms with Crippen LogP contribution < -0.4 is 24.7 Å². The van der Waals surface area contributed by atoms with Crippen molar-refractivity contribution in [1.29, 1.82) is 5.26 Å². The predicted molar refractivity (Wildman–Crippen MR) is 117 cm³/mol. The molecule has 4 rings (SSSR count). The van der Waals surface area contributed by atoms with E-state index in [9.17, 15) is 5.26 Å². The van der Waals surface area contributed by atoms with Gasteiger partial charge in [-0.3, -0.25) is 5.10 Å². The fourth-order valence-corrected chi connectivity index (χ4v) is 3.94. The third-order valence-electron chi connectivity index (χ3n) is 5.10. The SMILES string of the molecule is COc1cc(-c2[nH]nc3c2[C@@H](c2ccc(Br)cc2)C(C#N)=C(N)O3)cc(OC)c1OC. The minimum atomic E-state index is -0.463. The molecule has 3 N–H and O–H groups in total. The number of ether oxygens (including phenoxy) is 4. The lowest BCUT2D eigenvalue weighted by Crippen LogP contribution is -2.21. The monoisotopic (exact) mass is 482 g/mol. The van der Waals surface area contributed by atoms with Crippen molar-refractivity contribution < 1.29 is 18.9 Å². The summed E-state index contributed by atoms with van der Waals surface area (Å²) >= 11 is 3.45. The van der Waals surface area contributed by atoms with Gasteiger partial charge in [0.25, 0.3) is 0 Å². The summed E-state index contributed by atoms with van der Waals surface area (Å²) in [5.74, 6) is 1.35. The summed E-state index contributed by atoms with van der Waals surface area (Å²) in [5, 5.41) is 17.2. The molecule has 9 heteroatoms. The maximum Gasteiger partial charge on any atom is 0.244 e. The van der Waals surface area contributed by atoms with E-state index in [0.29, 0.717) is 40.0 Å². The molecule has 0 aliphatic carbocycles. The molecule has 2 heterocycles. The maximum absolute atomic E-state index is 9.84. The molecule has 1 aliphatic heterocycles. The molecular formula is C22H19BrN4O4. The summed E-state index contributed by atoms with van der Waals surface area (Å²) < 4.78 is 23.0. The highest BCUT2D eigenvalue weighted by atomic mass is 79.9. The number of nitrogens with two attached hydrogens (primary N) is 1. The van der Waals surface area contributed by atoms with Crippen molar-refractivity contribution >= 4 is 15.9 Å². The summed E-state index contributed by atoms with van der Waals surface area (Å²) in [7, 11) is 4.64. The van der Waals surface area contributed by atoms with Crippen LogP contribution in [0.1, 0.15) is 17.0 Å². The highest BCUT2D eigenvalue weighted by Crippen LogP contribution is 2.48. The van der Waals surface area contributed by atoms with Gasteiger partial charge in [0, 0.05) is 10.0 Å². The number of H-pyrrole nitrogens is 1. The summed E-state index contributed by atoms with van der Waals surface area (Å²) in [5.41, 5.74) is 9.32. The molecule has 0 radical (unpaired) electrons. The molecule has 1 aromatic heterocycles. The van der Waals surface area contributed by atoms with Crippen molar-refractivity contribution in [3.8, 4) is 40.5 Å². The van der Waals surface area contributed by atoms with Crippen molar-refractivity contribution in [2.45, 2.75) is 5.92 Å². The van der Waals surface area contributed by atoms with E-state index in [1.807, 2.05) is 36.4 Å². The lowest BCUT2D eigenvalue weighted by atomic mass is 9.83. The van der Waals surface area contributed by atoms with E-state index < -0.39 is 5.92 Å². The first-order chi connectivity index (χ1) is 15.0. The van der Waals surface area contributed by atoms with Gasteiger partial charge in [0.05, 0.1) is 38.5 Å². The van der Waals surface area contributed by atoms with Gasteiger partial charge in [-0.2, -0.15) is 5.26 Å². The number of halogens is 1. The zero-order chi connectivity index (χ0) is 22.1. The Morgan fingerprint density at radius 3 is 2.29 bits per heavy atom. The number of aromatic amines is 1. The zero-order valence-electron chi connectivity index (χ0n) is 17.0. The number of nitriles is 1. The van der Waals surface area contributed by atoms with Crippen molar-refractivity contribution in [3.63, 3.8) is 0 Å². The number of hydrogen-bond acceptors (Lipinski definition) is 7. The third-order valence-corrected chi connectivity index (χ3v) is 5.62. The molecule has 1 aliphatic rings. The lowest BCUT2D eigenvalue weighted by Gasteiger charge is -2.24. The Morgan fingerprint density at radius 1 is 1.10 bits per heavy atom. The topological polar surface area (TPSA) is 115 Å². The van der Waals surface area contributed by atoms with E-state index in [4.69, 9.17) is 24.7 Å². The molecule has 0 amide bonds. The number of nitrogens with one attached hydrogen (secondary N) is 1. The molecule has 0 unspecified atom stereocenters. The Balaban J connectivity index is 1.95. The average Bonchev–Trinajstić information content (AvgIpc) is 3.20. The van der Waals surface area contributed by atoms with E-state index in [1.165, 1.54) is 0 Å². The Kier molecular flexibility index (Phi) is 5.48. The van der Waals surface area contributed by atoms with E-state index in [2.05, 4.69) is 32.2 Å². The van der Waals surface area contributed by atoms with Gasteiger partial charge < -0.3 is 24.7 Å². The van der Waals surface area contributed by atoms with E-state index in [-0.39, 0.29) is 5.88 Å². The minimum Gasteiger partial charge on any atom is -0.493 e. The zero-order valence-corrected chi connectivity index (χ0v) is 18.6. The fourth-order valence-electron chi connectivity index (χ4n) is 3.68. The Labute approximate surface area is 187 Å². The second kappa shape index (κ2) is 8.24. The van der Waals surface area contributed by atoms with Crippen molar-refractivity contribution in [1.82, 2.24) is 10.2 Å². The van der Waals surface area contributed by atoms with Crippen molar-refractivity contribution in [2.75, 3.05) is 21.3 Å². The number of aromatic nitrogens is 2. The highest BCUT2D eigenvalue weighted by molar-refractivity contribution is 9.10. The number of benzene rings is 2. The van der Waals surface area contributed by atoms with Crippen molar-refractivity contribution in [3.05, 3.63) is 63.5 Å². The second-order valence-corrected chi connectivity index (χ2v) is 7.62. The van der Waals surface area contributed by atoms with Crippen LogP contribution in [0.25, 0.3) is 11.3 Å². The van der Waals surface area contributed by atoms with Gasteiger partial charge in [0.15, 0.2) is 11.5 Å². The first kappa shape index (κ1) is 20.6. The van der Waals surface area contributed by atoms with Crippen LogP contribution in [0.5, 0.6) is 23.1 Å². The van der Waals surface area contributed by atoms with Gasteiger partial charge in [-0.05, 0) is 29.8 Å². The number of rotatable bonds is 5. The van der Waals surface area contributed by atoms with Crippen LogP contribution in [0.3, 0.4) is 0 Å². The standard InChI is InChI=1S/C22H19BrN4O4/c1-28-15-8-12(9-16(29-2)20(15)30-3)19-18-17(11-4-6-13(23)7-5-11)14(10-24)21(25)31-22(18)27-26-19/h4-9,17H,25H2,1-3H3,(H,26,27)/t17-/m0/s1. The lowest BCUT2D eigenvalue weighted by molar-refractivity contribution is 0.324. The normalized spacial score (nSPS) is 15.0. The Bertz CT molecular complexity index is 1190. The molecule has 0 spiro atoms. The molecule has 1 atom stereocenters. The first-order valence-electron chi connectivity index (χ1n) is 9.24. The van der Waals surface area contributed by atoms with Crippen LogP contribution in [0.15, 0.2) is 52.3 Å². The van der Waals surface area contributed by atoms with Crippen LogP contribution in [-0.2, 0) is 0 Å². The van der Waals surface area contributed by atoms with Crippen LogP contribution in [-0.4, -0.2) is 31.5 Å². The molecule has 8 nitrogen and oxygen atoms in total. The number of hydrogen-bond donors (Lipinski definition) is 2. The molecule has 0 saturated carbocycles.